The van der Waals surface area contributed by atoms with E-state index in [0.717, 1.165) is 10.9 Å². The van der Waals surface area contributed by atoms with Gasteiger partial charge in [-0.05, 0) is 28.0 Å². The number of anilines is 1. The van der Waals surface area contributed by atoms with Crippen LogP contribution in [0.4, 0.5) is 10.5 Å². The van der Waals surface area contributed by atoms with E-state index in [2.05, 4.69) is 35.6 Å². The summed E-state index contributed by atoms with van der Waals surface area (Å²) in [6, 6.07) is 4.24. The van der Waals surface area contributed by atoms with Gasteiger partial charge in [-0.15, -0.1) is 0 Å². The molecule has 2 aromatic rings. The molecule has 0 unspecified atom stereocenters. The Labute approximate surface area is 205 Å². The molecule has 1 aromatic heterocycles. The number of halogens is 3. The predicted octanol–water partition coefficient (Wildman–Crippen LogP) is 5.49. The van der Waals surface area contributed by atoms with Crippen LogP contribution in [0.15, 0.2) is 10.5 Å². The maximum Gasteiger partial charge on any atom is 0.412 e. The van der Waals surface area contributed by atoms with Crippen LogP contribution in [0.3, 0.4) is 0 Å². The molecule has 0 fully saturated rings. The monoisotopic (exact) mass is 560 g/mol. The summed E-state index contributed by atoms with van der Waals surface area (Å²) in [5.74, 6) is -0.257. The molecule has 12 heteroatoms. The topological polar surface area (TPSA) is 98.8 Å². The van der Waals surface area contributed by atoms with Crippen molar-refractivity contribution in [1.82, 2.24) is 9.47 Å². The first-order valence-corrected chi connectivity index (χ1v) is 15.2. The summed E-state index contributed by atoms with van der Waals surface area (Å²) in [6.45, 7) is 8.00. The number of fused-ring (bicyclic) bond motifs is 3. The standard InChI is InChI=1S/C20H23BrCl2N4O4Si/c1-32(2,3)9-8-31-11-25-6-7-27-17-14(15(21)18(27)19(25)28)13(10-12(22)16(17)23)26(5-4-24)20(29)30/h10H,5-9,11H2,1-3H3,(H,29,30). The summed E-state index contributed by atoms with van der Waals surface area (Å²) >= 11 is 16.3. The number of ether oxygens (including phenoxy) is 1. The van der Waals surface area contributed by atoms with Crippen molar-refractivity contribution >= 4 is 75.8 Å². The first-order valence-electron chi connectivity index (χ1n) is 9.92. The number of carbonyl (C=O) groups is 2. The van der Waals surface area contributed by atoms with Crippen molar-refractivity contribution in [2.24, 2.45) is 0 Å². The Morgan fingerprint density at radius 2 is 2.06 bits per heavy atom. The number of rotatable bonds is 7. The Morgan fingerprint density at radius 1 is 1.38 bits per heavy atom. The quantitative estimate of drug-likeness (QED) is 0.274. The van der Waals surface area contributed by atoms with Gasteiger partial charge >= 0.3 is 6.09 Å². The molecular formula is C20H23BrCl2N4O4Si. The molecule has 32 heavy (non-hydrogen) atoms. The lowest BCUT2D eigenvalue weighted by Crippen LogP contribution is -2.41. The number of aromatic nitrogens is 1. The third kappa shape index (κ3) is 4.77. The van der Waals surface area contributed by atoms with Crippen molar-refractivity contribution in [1.29, 1.82) is 5.26 Å². The predicted molar refractivity (Wildman–Crippen MR) is 131 cm³/mol. The molecule has 3 rings (SSSR count). The lowest BCUT2D eigenvalue weighted by molar-refractivity contribution is 0.0221. The van der Waals surface area contributed by atoms with E-state index in [-0.39, 0.29) is 28.4 Å². The van der Waals surface area contributed by atoms with Crippen LogP contribution in [0.1, 0.15) is 10.5 Å². The summed E-state index contributed by atoms with van der Waals surface area (Å²) in [4.78, 5) is 27.6. The molecule has 0 aliphatic carbocycles. The van der Waals surface area contributed by atoms with E-state index in [1.54, 1.807) is 9.47 Å². The molecule has 2 amide bonds. The Morgan fingerprint density at radius 3 is 2.66 bits per heavy atom. The molecular weight excluding hydrogens is 539 g/mol. The maximum absolute atomic E-state index is 13.3. The van der Waals surface area contributed by atoms with Crippen molar-refractivity contribution in [3.63, 3.8) is 0 Å². The number of amides is 2. The molecule has 0 saturated carbocycles. The van der Waals surface area contributed by atoms with Gasteiger partial charge in [0.05, 0.1) is 31.8 Å². The molecule has 172 valence electrons. The highest BCUT2D eigenvalue weighted by atomic mass is 79.9. The molecule has 0 atom stereocenters. The van der Waals surface area contributed by atoms with Crippen molar-refractivity contribution in [3.05, 3.63) is 26.3 Å². The third-order valence-electron chi connectivity index (χ3n) is 5.22. The zero-order chi connectivity index (χ0) is 23.8. The molecule has 0 radical (unpaired) electrons. The molecule has 2 heterocycles. The van der Waals surface area contributed by atoms with Gasteiger partial charge in [0, 0.05) is 33.2 Å². The van der Waals surface area contributed by atoms with E-state index in [1.165, 1.54) is 6.07 Å². The Balaban J connectivity index is 2.04. The smallest absolute Gasteiger partial charge is 0.412 e. The fraction of sp³-hybridized carbons (Fsp3) is 0.450. The molecule has 0 bridgehead atoms. The number of nitriles is 1. The lowest BCUT2D eigenvalue weighted by Gasteiger charge is -2.29. The van der Waals surface area contributed by atoms with Crippen LogP contribution in [-0.2, 0) is 11.3 Å². The average molecular weight is 562 g/mol. The van der Waals surface area contributed by atoms with Crippen LogP contribution in [0.2, 0.25) is 35.7 Å². The molecule has 8 nitrogen and oxygen atoms in total. The normalized spacial score (nSPS) is 13.9. The van der Waals surface area contributed by atoms with Crippen molar-refractivity contribution in [3.8, 4) is 6.07 Å². The summed E-state index contributed by atoms with van der Waals surface area (Å²) < 4.78 is 7.91. The van der Waals surface area contributed by atoms with E-state index in [9.17, 15) is 14.7 Å². The maximum atomic E-state index is 13.3. The summed E-state index contributed by atoms with van der Waals surface area (Å²) in [5, 5.41) is 19.5. The molecule has 1 aromatic carbocycles. The van der Waals surface area contributed by atoms with Gasteiger partial charge in [0.2, 0.25) is 0 Å². The summed E-state index contributed by atoms with van der Waals surface area (Å²) in [6.07, 6.45) is -1.31. The van der Waals surface area contributed by atoms with Crippen LogP contribution < -0.4 is 4.90 Å². The minimum Gasteiger partial charge on any atom is -0.465 e. The van der Waals surface area contributed by atoms with Gasteiger partial charge in [0.1, 0.15) is 19.0 Å². The van der Waals surface area contributed by atoms with Crippen molar-refractivity contribution < 1.29 is 19.4 Å². The highest BCUT2D eigenvalue weighted by Crippen LogP contribution is 2.45. The second-order valence-electron chi connectivity index (χ2n) is 8.67. The molecule has 0 spiro atoms. The summed E-state index contributed by atoms with van der Waals surface area (Å²) in [7, 11) is -1.24. The van der Waals surface area contributed by atoms with E-state index < -0.39 is 20.7 Å². The van der Waals surface area contributed by atoms with Gasteiger partial charge in [0.15, 0.2) is 0 Å². The van der Waals surface area contributed by atoms with E-state index in [4.69, 9.17) is 33.2 Å². The fourth-order valence-electron chi connectivity index (χ4n) is 3.54. The second kappa shape index (κ2) is 9.61. The number of carbonyl (C=O) groups excluding carboxylic acids is 1. The van der Waals surface area contributed by atoms with Gasteiger partial charge in [0.25, 0.3) is 5.91 Å². The first-order chi connectivity index (χ1) is 15.0. The Bertz CT molecular complexity index is 1130. The Kier molecular flexibility index (Phi) is 7.47. The largest absolute Gasteiger partial charge is 0.465 e. The molecule has 1 aliphatic heterocycles. The van der Waals surface area contributed by atoms with Crippen LogP contribution in [0, 0.1) is 11.3 Å². The number of carboxylic acid groups (broad SMARTS) is 1. The van der Waals surface area contributed by atoms with Crippen LogP contribution in [-0.4, -0.2) is 61.1 Å². The second-order valence-corrected chi connectivity index (χ2v) is 15.9. The van der Waals surface area contributed by atoms with Crippen LogP contribution in [0.5, 0.6) is 0 Å². The van der Waals surface area contributed by atoms with Crippen LogP contribution in [0.25, 0.3) is 10.9 Å². The minimum atomic E-state index is -1.31. The SMILES string of the molecule is C[Si](C)(C)CCOCN1CCn2c(c(Br)c3c(N(CC#N)C(=O)O)cc(Cl)c(Cl)c32)C1=O. The van der Waals surface area contributed by atoms with Crippen LogP contribution >= 0.6 is 39.1 Å². The first kappa shape index (κ1) is 24.9. The van der Waals surface area contributed by atoms with E-state index >= 15 is 0 Å². The third-order valence-corrected chi connectivity index (χ3v) is 8.47. The zero-order valence-corrected chi connectivity index (χ0v) is 22.0. The number of hydrogen-bond acceptors (Lipinski definition) is 4. The van der Waals surface area contributed by atoms with Gasteiger partial charge in [-0.3, -0.25) is 9.69 Å². The highest BCUT2D eigenvalue weighted by molar-refractivity contribution is 9.10. The van der Waals surface area contributed by atoms with E-state index in [1.807, 2.05) is 6.07 Å². The molecule has 0 saturated heterocycles. The summed E-state index contributed by atoms with van der Waals surface area (Å²) in [5.41, 5.74) is 0.976. The fourth-order valence-corrected chi connectivity index (χ4v) is 5.51. The van der Waals surface area contributed by atoms with Gasteiger partial charge < -0.3 is 19.3 Å². The Hall–Kier alpha value is -1.77. The highest BCUT2D eigenvalue weighted by Gasteiger charge is 2.34. The average Bonchev–Trinajstić information content (AvgIpc) is 3.00. The minimum absolute atomic E-state index is 0.135. The van der Waals surface area contributed by atoms with Gasteiger partial charge in [-0.1, -0.05) is 42.8 Å². The van der Waals surface area contributed by atoms with Crippen molar-refractivity contribution in [2.75, 3.05) is 31.3 Å². The molecule has 1 aliphatic rings. The molecule has 1 N–H and O–H groups in total. The van der Waals surface area contributed by atoms with Crippen molar-refractivity contribution in [2.45, 2.75) is 32.2 Å². The van der Waals surface area contributed by atoms with Gasteiger partial charge in [-0.25, -0.2) is 4.79 Å². The van der Waals surface area contributed by atoms with E-state index in [0.29, 0.717) is 40.8 Å². The number of hydrogen-bond donors (Lipinski definition) is 1. The lowest BCUT2D eigenvalue weighted by atomic mass is 10.2. The van der Waals surface area contributed by atoms with Gasteiger partial charge in [-0.2, -0.15) is 5.26 Å². The number of benzene rings is 1. The number of nitrogens with zero attached hydrogens (tertiary/aromatic N) is 4. The zero-order valence-electron chi connectivity index (χ0n) is 17.9.